The second-order valence-corrected chi connectivity index (χ2v) is 8.97. The van der Waals surface area contributed by atoms with Gasteiger partial charge in [-0.2, -0.15) is 0 Å². The van der Waals surface area contributed by atoms with E-state index in [1.807, 2.05) is 25.1 Å². The summed E-state index contributed by atoms with van der Waals surface area (Å²) in [4.78, 5) is 20.5. The third-order valence-electron chi connectivity index (χ3n) is 6.33. The summed E-state index contributed by atoms with van der Waals surface area (Å²) < 4.78 is 5.34. The molecule has 2 aromatic carbocycles. The van der Waals surface area contributed by atoms with Crippen molar-refractivity contribution in [2.75, 3.05) is 5.32 Å². The summed E-state index contributed by atoms with van der Waals surface area (Å²) in [5.74, 6) is 1.20. The van der Waals surface area contributed by atoms with Crippen molar-refractivity contribution in [2.45, 2.75) is 71.1 Å². The van der Waals surface area contributed by atoms with Crippen molar-refractivity contribution in [3.05, 3.63) is 65.0 Å². The van der Waals surface area contributed by atoms with Crippen LogP contribution in [0.2, 0.25) is 0 Å². The van der Waals surface area contributed by atoms with Crippen LogP contribution in [0.4, 0.5) is 5.82 Å². The summed E-state index contributed by atoms with van der Waals surface area (Å²) in [7, 11) is 0. The third kappa shape index (κ3) is 4.75. The molecule has 6 nitrogen and oxygen atoms in total. The van der Waals surface area contributed by atoms with Crippen LogP contribution in [0.15, 0.2) is 42.5 Å². The Labute approximate surface area is 189 Å². The smallest absolute Gasteiger partial charge is 0.302 e. The quantitative estimate of drug-likeness (QED) is 0.544. The first-order chi connectivity index (χ1) is 15.2. The zero-order valence-corrected chi connectivity index (χ0v) is 19.2. The summed E-state index contributed by atoms with van der Waals surface area (Å²) in [5.41, 5.74) is 3.15. The van der Waals surface area contributed by atoms with Crippen molar-refractivity contribution in [1.29, 1.82) is 0 Å². The predicted molar refractivity (Wildman–Crippen MR) is 125 cm³/mol. The molecule has 2 N–H and O–H groups in total. The number of ether oxygens (including phenoxy) is 1. The van der Waals surface area contributed by atoms with Gasteiger partial charge >= 0.3 is 5.97 Å². The lowest BCUT2D eigenvalue weighted by Gasteiger charge is -2.36. The molecule has 1 aliphatic carbocycles. The molecule has 0 spiro atoms. The molecule has 0 radical (unpaired) electrons. The highest BCUT2D eigenvalue weighted by molar-refractivity contribution is 5.90. The van der Waals surface area contributed by atoms with Crippen molar-refractivity contribution in [2.24, 2.45) is 0 Å². The number of carbonyl (C=O) groups excluding carboxylic acids is 1. The Balaban J connectivity index is 1.63. The monoisotopic (exact) mass is 433 g/mol. The summed E-state index contributed by atoms with van der Waals surface area (Å²) >= 11 is 0. The molecule has 1 aromatic heterocycles. The highest BCUT2D eigenvalue weighted by atomic mass is 16.5. The SMILES string of the molecule is CC(=O)OC1CCC(O)(c2ccc3nc(C)nc(N[C@H](C)c4cccc(C)c4)c3c2)CC1. The molecule has 0 amide bonds. The molecule has 1 fully saturated rings. The summed E-state index contributed by atoms with van der Waals surface area (Å²) in [6, 6.07) is 14.4. The van der Waals surface area contributed by atoms with Crippen LogP contribution < -0.4 is 5.32 Å². The molecule has 0 saturated heterocycles. The fraction of sp³-hybridized carbons (Fsp3) is 0.423. The van der Waals surface area contributed by atoms with Gasteiger partial charge in [0.2, 0.25) is 0 Å². The first kappa shape index (κ1) is 22.2. The van der Waals surface area contributed by atoms with Crippen LogP contribution in [-0.4, -0.2) is 27.1 Å². The van der Waals surface area contributed by atoms with E-state index in [1.54, 1.807) is 0 Å². The van der Waals surface area contributed by atoms with Crippen molar-refractivity contribution >= 4 is 22.7 Å². The number of aromatic nitrogens is 2. The second kappa shape index (κ2) is 8.87. The fourth-order valence-electron chi connectivity index (χ4n) is 4.58. The van der Waals surface area contributed by atoms with Crippen LogP contribution in [0.5, 0.6) is 0 Å². The van der Waals surface area contributed by atoms with E-state index in [9.17, 15) is 9.90 Å². The van der Waals surface area contributed by atoms with Crippen LogP contribution in [0, 0.1) is 13.8 Å². The Hall–Kier alpha value is -2.99. The van der Waals surface area contributed by atoms with E-state index in [-0.39, 0.29) is 18.1 Å². The minimum absolute atomic E-state index is 0.0679. The lowest BCUT2D eigenvalue weighted by molar-refractivity contribution is -0.151. The van der Waals surface area contributed by atoms with Crippen molar-refractivity contribution in [3.63, 3.8) is 0 Å². The lowest BCUT2D eigenvalue weighted by Crippen LogP contribution is -2.35. The minimum Gasteiger partial charge on any atom is -0.463 e. The van der Waals surface area contributed by atoms with E-state index in [4.69, 9.17) is 4.74 Å². The topological polar surface area (TPSA) is 84.3 Å². The van der Waals surface area contributed by atoms with E-state index in [0.717, 1.165) is 22.3 Å². The number of hydrogen-bond donors (Lipinski definition) is 2. The van der Waals surface area contributed by atoms with Gasteiger partial charge in [-0.25, -0.2) is 9.97 Å². The molecule has 1 saturated carbocycles. The number of esters is 1. The molecule has 3 aromatic rings. The van der Waals surface area contributed by atoms with Gasteiger partial charge in [-0.15, -0.1) is 0 Å². The van der Waals surface area contributed by atoms with E-state index >= 15 is 0 Å². The van der Waals surface area contributed by atoms with Crippen molar-refractivity contribution in [3.8, 4) is 0 Å². The third-order valence-corrected chi connectivity index (χ3v) is 6.33. The number of fused-ring (bicyclic) bond motifs is 1. The molecular weight excluding hydrogens is 402 g/mol. The molecule has 0 bridgehead atoms. The largest absolute Gasteiger partial charge is 0.463 e. The maximum Gasteiger partial charge on any atom is 0.302 e. The first-order valence-electron chi connectivity index (χ1n) is 11.2. The number of aryl methyl sites for hydroxylation is 2. The number of rotatable bonds is 5. The van der Waals surface area contributed by atoms with Crippen LogP contribution in [0.1, 0.15) is 68.1 Å². The maximum atomic E-state index is 11.4. The number of hydrogen-bond acceptors (Lipinski definition) is 6. The Bertz CT molecular complexity index is 1140. The number of anilines is 1. The molecule has 1 heterocycles. The van der Waals surface area contributed by atoms with Gasteiger partial charge in [0.1, 0.15) is 17.7 Å². The normalized spacial score (nSPS) is 21.8. The Morgan fingerprint density at radius 1 is 1.16 bits per heavy atom. The average Bonchev–Trinajstić information content (AvgIpc) is 2.75. The van der Waals surface area contributed by atoms with E-state index in [2.05, 4.69) is 53.4 Å². The van der Waals surface area contributed by atoms with Crippen LogP contribution >= 0.6 is 0 Å². The highest BCUT2D eigenvalue weighted by Gasteiger charge is 2.36. The van der Waals surface area contributed by atoms with Crippen LogP contribution in [-0.2, 0) is 15.1 Å². The van der Waals surface area contributed by atoms with E-state index in [0.29, 0.717) is 31.5 Å². The highest BCUT2D eigenvalue weighted by Crippen LogP contribution is 2.39. The van der Waals surface area contributed by atoms with Gasteiger partial charge in [0.15, 0.2) is 0 Å². The minimum atomic E-state index is -0.949. The van der Waals surface area contributed by atoms with E-state index in [1.165, 1.54) is 18.1 Å². The van der Waals surface area contributed by atoms with Crippen LogP contribution in [0.25, 0.3) is 10.9 Å². The standard InChI is InChI=1S/C26H31N3O3/c1-16-6-5-7-20(14-16)17(2)27-25-23-15-21(8-9-24(23)28-18(3)29-25)26(31)12-10-22(11-13-26)32-19(4)30/h5-9,14-15,17,22,31H,10-13H2,1-4H3,(H,27,28,29)/t17-,22?,26?/m1/s1. The number of benzene rings is 2. The van der Waals surface area contributed by atoms with Gasteiger partial charge in [0.05, 0.1) is 11.1 Å². The molecule has 6 heteroatoms. The zero-order valence-electron chi connectivity index (χ0n) is 19.2. The van der Waals surface area contributed by atoms with E-state index < -0.39 is 5.60 Å². The van der Waals surface area contributed by atoms with Gasteiger partial charge in [-0.05, 0) is 69.7 Å². The average molecular weight is 434 g/mol. The predicted octanol–water partition coefficient (Wildman–Crippen LogP) is 5.11. The van der Waals surface area contributed by atoms with Crippen molar-refractivity contribution in [1.82, 2.24) is 9.97 Å². The van der Waals surface area contributed by atoms with Gasteiger partial charge in [-0.1, -0.05) is 35.9 Å². The molecule has 4 rings (SSSR count). The van der Waals surface area contributed by atoms with Gasteiger partial charge in [-0.3, -0.25) is 4.79 Å². The molecule has 0 aliphatic heterocycles. The Kier molecular flexibility index (Phi) is 6.15. The summed E-state index contributed by atoms with van der Waals surface area (Å²) in [6.45, 7) is 7.52. The first-order valence-corrected chi connectivity index (χ1v) is 11.2. The number of carbonyl (C=O) groups is 1. The van der Waals surface area contributed by atoms with Crippen molar-refractivity contribution < 1.29 is 14.6 Å². The van der Waals surface area contributed by atoms with Gasteiger partial charge < -0.3 is 15.2 Å². The van der Waals surface area contributed by atoms with Gasteiger partial charge in [0, 0.05) is 18.4 Å². The molecule has 1 aliphatic rings. The second-order valence-electron chi connectivity index (χ2n) is 8.97. The molecule has 0 unspecified atom stereocenters. The zero-order chi connectivity index (χ0) is 22.9. The Morgan fingerprint density at radius 3 is 2.59 bits per heavy atom. The molecule has 32 heavy (non-hydrogen) atoms. The maximum absolute atomic E-state index is 11.4. The Morgan fingerprint density at radius 2 is 1.91 bits per heavy atom. The molecule has 1 atom stereocenters. The molecule has 168 valence electrons. The van der Waals surface area contributed by atoms with Gasteiger partial charge in [0.25, 0.3) is 0 Å². The van der Waals surface area contributed by atoms with Crippen LogP contribution in [0.3, 0.4) is 0 Å². The summed E-state index contributed by atoms with van der Waals surface area (Å²) in [6.07, 6.45) is 2.27. The summed E-state index contributed by atoms with van der Waals surface area (Å²) in [5, 5.41) is 15.8. The number of nitrogens with one attached hydrogen (secondary N) is 1. The number of aliphatic hydroxyl groups is 1. The lowest BCUT2D eigenvalue weighted by atomic mass is 9.78. The molecular formula is C26H31N3O3. The fourth-order valence-corrected chi connectivity index (χ4v) is 4.58. The number of nitrogens with zero attached hydrogens (tertiary/aromatic N) is 2.